The molecule has 130 valence electrons. The number of esters is 1. The van der Waals surface area contributed by atoms with Crippen LogP contribution < -0.4 is 5.73 Å². The van der Waals surface area contributed by atoms with Crippen molar-refractivity contribution in [3.63, 3.8) is 0 Å². The summed E-state index contributed by atoms with van der Waals surface area (Å²) in [5.41, 5.74) is 6.71. The fourth-order valence-electron chi connectivity index (χ4n) is 2.61. The van der Waals surface area contributed by atoms with Crippen LogP contribution in [0.4, 0.5) is 4.39 Å². The second-order valence-electron chi connectivity index (χ2n) is 5.78. The van der Waals surface area contributed by atoms with Gasteiger partial charge in [0.05, 0.1) is 24.2 Å². The zero-order valence-corrected chi connectivity index (χ0v) is 15.6. The van der Waals surface area contributed by atoms with Gasteiger partial charge in [-0.2, -0.15) is 0 Å². The highest BCUT2D eigenvalue weighted by Gasteiger charge is 2.29. The molecule has 7 heteroatoms. The molecule has 0 aliphatic rings. The molecule has 0 aliphatic heterocycles. The van der Waals surface area contributed by atoms with E-state index in [-0.39, 0.29) is 13.2 Å². The summed E-state index contributed by atoms with van der Waals surface area (Å²) in [6, 6.07) is 4.63. The third kappa shape index (κ3) is 3.84. The van der Waals surface area contributed by atoms with Crippen LogP contribution in [0.15, 0.2) is 29.0 Å². The van der Waals surface area contributed by atoms with Crippen LogP contribution in [0.5, 0.6) is 0 Å². The van der Waals surface area contributed by atoms with Gasteiger partial charge >= 0.3 is 5.97 Å². The number of benzene rings is 1. The van der Waals surface area contributed by atoms with Crippen molar-refractivity contribution in [1.82, 2.24) is 9.55 Å². The lowest BCUT2D eigenvalue weighted by Crippen LogP contribution is -2.39. The summed E-state index contributed by atoms with van der Waals surface area (Å²) in [7, 11) is 0. The number of carbonyl (C=O) groups is 1. The molecule has 1 atom stereocenters. The molecule has 0 saturated heterocycles. The average Bonchev–Trinajstić information content (AvgIpc) is 2.91. The third-order valence-electron chi connectivity index (χ3n) is 3.76. The number of hydrogen-bond acceptors (Lipinski definition) is 4. The molecule has 2 N–H and O–H groups in total. The molecule has 0 saturated carbocycles. The van der Waals surface area contributed by atoms with Gasteiger partial charge in [0.2, 0.25) is 0 Å². The number of hydrogen-bond donors (Lipinski definition) is 1. The molecule has 0 aliphatic carbocycles. The maximum absolute atomic E-state index is 14.2. The number of nitrogens with zero attached hydrogens (tertiary/aromatic N) is 2. The van der Waals surface area contributed by atoms with E-state index in [2.05, 4.69) is 20.9 Å². The Morgan fingerprint density at radius 1 is 1.46 bits per heavy atom. The summed E-state index contributed by atoms with van der Waals surface area (Å²) in [6.07, 6.45) is 2.14. The maximum Gasteiger partial charge on any atom is 0.356 e. The first-order valence-electron chi connectivity index (χ1n) is 7.75. The number of halogens is 2. The molecule has 2 aromatic rings. The quantitative estimate of drug-likeness (QED) is 0.758. The molecule has 0 spiro atoms. The van der Waals surface area contributed by atoms with Gasteiger partial charge in [-0.1, -0.05) is 22.9 Å². The Labute approximate surface area is 149 Å². The Bertz CT molecular complexity index is 743. The Balaban J connectivity index is 2.41. The molecule has 0 radical (unpaired) electrons. The summed E-state index contributed by atoms with van der Waals surface area (Å²) in [6.45, 7) is 5.84. The minimum atomic E-state index is -1.03. The van der Waals surface area contributed by atoms with Crippen molar-refractivity contribution >= 4 is 21.9 Å². The zero-order valence-electron chi connectivity index (χ0n) is 14.0. The Hall–Kier alpha value is -1.73. The zero-order chi connectivity index (χ0) is 17.9. The van der Waals surface area contributed by atoms with Crippen molar-refractivity contribution in [1.29, 1.82) is 0 Å². The van der Waals surface area contributed by atoms with Crippen LogP contribution in [0.2, 0.25) is 0 Å². The molecule has 2 rings (SSSR count). The Morgan fingerprint density at radius 3 is 2.79 bits per heavy atom. The van der Waals surface area contributed by atoms with Crippen molar-refractivity contribution in [2.45, 2.75) is 39.3 Å². The van der Waals surface area contributed by atoms with E-state index in [9.17, 15) is 9.18 Å². The van der Waals surface area contributed by atoms with E-state index in [0.717, 1.165) is 4.47 Å². The maximum atomic E-state index is 14.2. The van der Waals surface area contributed by atoms with Crippen molar-refractivity contribution in [2.24, 2.45) is 5.73 Å². The summed E-state index contributed by atoms with van der Waals surface area (Å²) < 4.78 is 21.7. The van der Waals surface area contributed by atoms with Gasteiger partial charge in [0.1, 0.15) is 5.82 Å². The third-order valence-corrected chi connectivity index (χ3v) is 4.25. The van der Waals surface area contributed by atoms with Crippen LogP contribution >= 0.6 is 15.9 Å². The first kappa shape index (κ1) is 18.6. The van der Waals surface area contributed by atoms with Crippen LogP contribution in [0.3, 0.4) is 0 Å². The monoisotopic (exact) mass is 397 g/mol. The van der Waals surface area contributed by atoms with E-state index < -0.39 is 17.3 Å². The first-order valence-corrected chi connectivity index (χ1v) is 8.55. The topological polar surface area (TPSA) is 70.1 Å². The lowest BCUT2D eigenvalue weighted by Gasteiger charge is -2.27. The molecule has 0 unspecified atom stereocenters. The highest BCUT2D eigenvalue weighted by Crippen LogP contribution is 2.27. The molecule has 1 aromatic carbocycles. The second kappa shape index (κ2) is 7.44. The van der Waals surface area contributed by atoms with Crippen LogP contribution in [0, 0.1) is 5.82 Å². The van der Waals surface area contributed by atoms with Crippen LogP contribution in [0.1, 0.15) is 42.5 Å². The van der Waals surface area contributed by atoms with Crippen molar-refractivity contribution in [2.75, 3.05) is 6.61 Å². The molecule has 0 bridgehead atoms. The number of carbonyl (C=O) groups excluding carboxylic acids is 1. The number of ether oxygens (including phenoxy) is 1. The largest absolute Gasteiger partial charge is 0.461 e. The fraction of sp³-hybridized carbons (Fsp3) is 0.412. The summed E-state index contributed by atoms with van der Waals surface area (Å²) >= 11 is 3.33. The van der Waals surface area contributed by atoms with E-state index in [0.29, 0.717) is 23.4 Å². The van der Waals surface area contributed by atoms with E-state index >= 15 is 0 Å². The van der Waals surface area contributed by atoms with Gasteiger partial charge < -0.3 is 15.0 Å². The van der Waals surface area contributed by atoms with Gasteiger partial charge in [0, 0.05) is 16.6 Å². The first-order chi connectivity index (χ1) is 11.3. The Kier molecular flexibility index (Phi) is 5.77. The summed E-state index contributed by atoms with van der Waals surface area (Å²) in [5.74, 6) is -0.839. The minimum absolute atomic E-state index is 0.196. The van der Waals surface area contributed by atoms with Gasteiger partial charge in [0.25, 0.3) is 0 Å². The van der Waals surface area contributed by atoms with Crippen molar-refractivity contribution < 1.29 is 13.9 Å². The molecule has 1 aromatic heterocycles. The standard InChI is InChI=1S/C17H21BrFN3O2/c1-4-14-15(16(23)24-5-2)22(10-21-14)9-17(3,20)12-8-11(18)6-7-13(12)19/h6-8,10H,4-5,9,20H2,1-3H3/t17-/m0/s1. The van der Waals surface area contributed by atoms with E-state index in [4.69, 9.17) is 10.5 Å². The van der Waals surface area contributed by atoms with Crippen LogP contribution in [0.25, 0.3) is 0 Å². The minimum Gasteiger partial charge on any atom is -0.461 e. The van der Waals surface area contributed by atoms with E-state index in [1.165, 1.54) is 6.07 Å². The number of aryl methyl sites for hydroxylation is 1. The average molecular weight is 398 g/mol. The Morgan fingerprint density at radius 2 is 2.17 bits per heavy atom. The van der Waals surface area contributed by atoms with E-state index in [1.807, 2.05) is 6.92 Å². The fourth-order valence-corrected chi connectivity index (χ4v) is 2.97. The normalized spacial score (nSPS) is 13.6. The second-order valence-corrected chi connectivity index (χ2v) is 6.70. The number of nitrogens with two attached hydrogens (primary N) is 1. The lowest BCUT2D eigenvalue weighted by molar-refractivity contribution is 0.0511. The molecule has 0 fully saturated rings. The highest BCUT2D eigenvalue weighted by molar-refractivity contribution is 9.10. The number of imidazole rings is 1. The number of aromatic nitrogens is 2. The van der Waals surface area contributed by atoms with Crippen LogP contribution in [-0.2, 0) is 23.2 Å². The predicted octanol–water partition coefficient (Wildman–Crippen LogP) is 3.40. The van der Waals surface area contributed by atoms with Gasteiger partial charge in [-0.05, 0) is 38.5 Å². The molecule has 24 heavy (non-hydrogen) atoms. The van der Waals surface area contributed by atoms with E-state index in [1.54, 1.807) is 36.9 Å². The molecular weight excluding hydrogens is 377 g/mol. The SMILES string of the molecule is CCOC(=O)c1c(CC)ncn1C[C@](C)(N)c1cc(Br)ccc1F. The summed E-state index contributed by atoms with van der Waals surface area (Å²) in [4.78, 5) is 16.5. The van der Waals surface area contributed by atoms with Crippen LogP contribution in [-0.4, -0.2) is 22.1 Å². The molecule has 0 amide bonds. The van der Waals surface area contributed by atoms with Crippen molar-refractivity contribution in [3.05, 3.63) is 51.8 Å². The molecule has 5 nitrogen and oxygen atoms in total. The van der Waals surface area contributed by atoms with Gasteiger partial charge in [-0.15, -0.1) is 0 Å². The smallest absolute Gasteiger partial charge is 0.356 e. The lowest BCUT2D eigenvalue weighted by atomic mass is 9.92. The van der Waals surface area contributed by atoms with Gasteiger partial charge in [-0.25, -0.2) is 14.2 Å². The van der Waals surface area contributed by atoms with Crippen molar-refractivity contribution in [3.8, 4) is 0 Å². The summed E-state index contributed by atoms with van der Waals surface area (Å²) in [5, 5.41) is 0. The molecular formula is C17H21BrFN3O2. The van der Waals surface area contributed by atoms with Gasteiger partial charge in [0.15, 0.2) is 5.69 Å². The predicted molar refractivity (Wildman–Crippen MR) is 93.2 cm³/mol. The van der Waals surface area contributed by atoms with Gasteiger partial charge in [-0.3, -0.25) is 0 Å². The molecule has 1 heterocycles. The highest BCUT2D eigenvalue weighted by atomic mass is 79.9. The number of rotatable bonds is 6.